The molecule has 2 aromatic rings. The number of benzene rings is 1. The maximum atomic E-state index is 12.2. The van der Waals surface area contributed by atoms with Crippen LogP contribution in [0.1, 0.15) is 21.6 Å². The van der Waals surface area contributed by atoms with Crippen molar-refractivity contribution >= 4 is 17.8 Å². The number of urea groups is 1. The molecular weight excluding hydrogens is 286 g/mol. The normalized spacial score (nSPS) is 12.9. The number of nitrogens with zero attached hydrogens (tertiary/aromatic N) is 2. The van der Waals surface area contributed by atoms with E-state index >= 15 is 0 Å². The summed E-state index contributed by atoms with van der Waals surface area (Å²) in [5, 5.41) is 9.63. The zero-order valence-corrected chi connectivity index (χ0v) is 11.9. The van der Waals surface area contributed by atoms with Gasteiger partial charge in [0.2, 0.25) is 0 Å². The Morgan fingerprint density at radius 3 is 2.68 bits per heavy atom. The number of carbonyl (C=O) groups is 2. The molecule has 22 heavy (non-hydrogen) atoms. The number of nitrogens with one attached hydrogen (secondary N) is 2. The first-order valence-electron chi connectivity index (χ1n) is 6.64. The van der Waals surface area contributed by atoms with E-state index in [1.165, 1.54) is 4.90 Å². The van der Waals surface area contributed by atoms with Crippen LogP contribution in [0.4, 0.5) is 10.6 Å². The third-order valence-corrected chi connectivity index (χ3v) is 3.54. The number of hydrogen-bond donors (Lipinski definition) is 3. The van der Waals surface area contributed by atoms with Crippen molar-refractivity contribution in [2.75, 3.05) is 12.4 Å². The van der Waals surface area contributed by atoms with Crippen molar-refractivity contribution in [1.29, 1.82) is 0 Å². The first-order chi connectivity index (χ1) is 10.6. The number of primary amides is 1. The predicted molar refractivity (Wildman–Crippen MR) is 78.4 cm³/mol. The van der Waals surface area contributed by atoms with Crippen molar-refractivity contribution in [2.45, 2.75) is 13.1 Å². The van der Waals surface area contributed by atoms with Crippen LogP contribution in [0.3, 0.4) is 0 Å². The summed E-state index contributed by atoms with van der Waals surface area (Å²) >= 11 is 0. The van der Waals surface area contributed by atoms with Gasteiger partial charge in [0.05, 0.1) is 25.9 Å². The minimum Gasteiger partial charge on any atom is -0.497 e. The summed E-state index contributed by atoms with van der Waals surface area (Å²) in [6, 6.07) is 6.24. The Balaban J connectivity index is 1.74. The molecule has 1 aliphatic rings. The van der Waals surface area contributed by atoms with Gasteiger partial charge < -0.3 is 20.7 Å². The molecule has 1 aliphatic heterocycles. The van der Waals surface area contributed by atoms with Crippen LogP contribution in [0, 0.1) is 0 Å². The van der Waals surface area contributed by atoms with Crippen molar-refractivity contribution < 1.29 is 14.3 Å². The summed E-state index contributed by atoms with van der Waals surface area (Å²) in [7, 11) is 1.56. The van der Waals surface area contributed by atoms with Gasteiger partial charge in [0, 0.05) is 11.1 Å². The molecule has 1 aromatic heterocycles. The number of methoxy groups -OCH3 is 1. The van der Waals surface area contributed by atoms with Crippen molar-refractivity contribution in [1.82, 2.24) is 15.1 Å². The lowest BCUT2D eigenvalue weighted by molar-refractivity contribution is 0.102. The molecule has 4 N–H and O–H groups in total. The summed E-state index contributed by atoms with van der Waals surface area (Å²) in [4.78, 5) is 24.9. The maximum absolute atomic E-state index is 12.2. The first-order valence-corrected chi connectivity index (χ1v) is 6.64. The number of fused-ring (bicyclic) bond motifs is 1. The Morgan fingerprint density at radius 2 is 2.05 bits per heavy atom. The van der Waals surface area contributed by atoms with Gasteiger partial charge in [-0.25, -0.2) is 4.79 Å². The molecule has 8 heteroatoms. The van der Waals surface area contributed by atoms with Gasteiger partial charge in [0.1, 0.15) is 11.6 Å². The molecule has 0 aliphatic carbocycles. The topological polar surface area (TPSA) is 113 Å². The molecular formula is C14H15N5O3. The standard InChI is InChI=1S/C14H15N5O3/c1-22-9-4-2-8(3-5-9)13(20)16-12-10-6-19(14(15)21)7-11(10)17-18-12/h2-5H,6-7H2,1H3,(H2,15,21)(H2,16,17,18,20). The van der Waals surface area contributed by atoms with Crippen LogP contribution in [-0.4, -0.2) is 34.1 Å². The van der Waals surface area contributed by atoms with Gasteiger partial charge in [-0.15, -0.1) is 0 Å². The smallest absolute Gasteiger partial charge is 0.315 e. The molecule has 8 nitrogen and oxygen atoms in total. The molecule has 114 valence electrons. The van der Waals surface area contributed by atoms with E-state index in [1.807, 2.05) is 0 Å². The van der Waals surface area contributed by atoms with Crippen LogP contribution < -0.4 is 15.8 Å². The minimum absolute atomic E-state index is 0.272. The average molecular weight is 301 g/mol. The molecule has 0 fully saturated rings. The third-order valence-electron chi connectivity index (χ3n) is 3.54. The van der Waals surface area contributed by atoms with Crippen molar-refractivity contribution in [3.05, 3.63) is 41.1 Å². The van der Waals surface area contributed by atoms with E-state index in [0.717, 1.165) is 5.56 Å². The van der Waals surface area contributed by atoms with Gasteiger partial charge in [-0.1, -0.05) is 0 Å². The van der Waals surface area contributed by atoms with E-state index in [2.05, 4.69) is 15.5 Å². The number of anilines is 1. The highest BCUT2D eigenvalue weighted by Crippen LogP contribution is 2.27. The summed E-state index contributed by atoms with van der Waals surface area (Å²) in [5.41, 5.74) is 7.24. The van der Waals surface area contributed by atoms with E-state index in [4.69, 9.17) is 10.5 Å². The zero-order chi connectivity index (χ0) is 15.7. The van der Waals surface area contributed by atoms with Crippen LogP contribution >= 0.6 is 0 Å². The molecule has 3 rings (SSSR count). The van der Waals surface area contributed by atoms with Crippen LogP contribution in [0.5, 0.6) is 5.75 Å². The molecule has 0 bridgehead atoms. The molecule has 2 heterocycles. The quantitative estimate of drug-likeness (QED) is 0.786. The van der Waals surface area contributed by atoms with E-state index in [1.54, 1.807) is 31.4 Å². The van der Waals surface area contributed by atoms with E-state index < -0.39 is 6.03 Å². The lowest BCUT2D eigenvalue weighted by atomic mass is 10.2. The van der Waals surface area contributed by atoms with Gasteiger partial charge in [-0.2, -0.15) is 5.10 Å². The second kappa shape index (κ2) is 5.40. The van der Waals surface area contributed by atoms with Crippen LogP contribution in [0.2, 0.25) is 0 Å². The average Bonchev–Trinajstić information content (AvgIpc) is 3.09. The van der Waals surface area contributed by atoms with E-state index in [-0.39, 0.29) is 5.91 Å². The van der Waals surface area contributed by atoms with E-state index in [0.29, 0.717) is 35.9 Å². The summed E-state index contributed by atoms with van der Waals surface area (Å²) in [5.74, 6) is 0.891. The first kappa shape index (κ1) is 13.9. The highest BCUT2D eigenvalue weighted by molar-refractivity contribution is 6.04. The fraction of sp³-hybridized carbons (Fsp3) is 0.214. The highest BCUT2D eigenvalue weighted by Gasteiger charge is 2.27. The second-order valence-electron chi connectivity index (χ2n) is 4.90. The Hall–Kier alpha value is -3.03. The minimum atomic E-state index is -0.509. The number of rotatable bonds is 3. The van der Waals surface area contributed by atoms with Crippen molar-refractivity contribution in [3.63, 3.8) is 0 Å². The van der Waals surface area contributed by atoms with Gasteiger partial charge in [-0.05, 0) is 24.3 Å². The maximum Gasteiger partial charge on any atom is 0.315 e. The van der Waals surface area contributed by atoms with Crippen molar-refractivity contribution in [2.24, 2.45) is 5.73 Å². The second-order valence-corrected chi connectivity index (χ2v) is 4.90. The van der Waals surface area contributed by atoms with Gasteiger partial charge in [-0.3, -0.25) is 9.89 Å². The zero-order valence-electron chi connectivity index (χ0n) is 11.9. The number of aromatic amines is 1. The van der Waals surface area contributed by atoms with Gasteiger partial charge >= 0.3 is 6.03 Å². The molecule has 1 aromatic carbocycles. The Bertz CT molecular complexity index is 723. The number of nitrogens with two attached hydrogens (primary N) is 1. The highest BCUT2D eigenvalue weighted by atomic mass is 16.5. The summed E-state index contributed by atoms with van der Waals surface area (Å²) < 4.78 is 5.05. The summed E-state index contributed by atoms with van der Waals surface area (Å²) in [6.45, 7) is 0.680. The number of aromatic nitrogens is 2. The van der Waals surface area contributed by atoms with Crippen LogP contribution in [-0.2, 0) is 13.1 Å². The van der Waals surface area contributed by atoms with E-state index in [9.17, 15) is 9.59 Å². The summed E-state index contributed by atoms with van der Waals surface area (Å²) in [6.07, 6.45) is 0. The molecule has 3 amide bonds. The van der Waals surface area contributed by atoms with Crippen LogP contribution in [0.25, 0.3) is 0 Å². The predicted octanol–water partition coefficient (Wildman–Crippen LogP) is 1.06. The number of carbonyl (C=O) groups excluding carboxylic acids is 2. The molecule has 0 saturated carbocycles. The number of H-pyrrole nitrogens is 1. The number of amides is 3. The number of ether oxygens (including phenoxy) is 1. The van der Waals surface area contributed by atoms with Gasteiger partial charge in [0.15, 0.2) is 0 Å². The fourth-order valence-corrected chi connectivity index (χ4v) is 2.32. The monoisotopic (exact) mass is 301 g/mol. The largest absolute Gasteiger partial charge is 0.497 e. The fourth-order valence-electron chi connectivity index (χ4n) is 2.32. The molecule has 0 saturated heterocycles. The van der Waals surface area contributed by atoms with Crippen LogP contribution in [0.15, 0.2) is 24.3 Å². The third kappa shape index (κ3) is 2.46. The molecule has 0 atom stereocenters. The Labute approximate surface area is 126 Å². The molecule has 0 unspecified atom stereocenters. The van der Waals surface area contributed by atoms with Gasteiger partial charge in [0.25, 0.3) is 5.91 Å². The molecule has 0 radical (unpaired) electrons. The SMILES string of the molecule is COc1ccc(C(=O)Nc2[nH]nc3c2CN(C(N)=O)C3)cc1. The Kier molecular flexibility index (Phi) is 3.42. The Morgan fingerprint density at radius 1 is 1.32 bits per heavy atom. The van der Waals surface area contributed by atoms with Crippen molar-refractivity contribution in [3.8, 4) is 5.75 Å². The lowest BCUT2D eigenvalue weighted by Gasteiger charge is -2.11. The molecule has 0 spiro atoms. The lowest BCUT2D eigenvalue weighted by Crippen LogP contribution is -2.31. The number of hydrogen-bond acceptors (Lipinski definition) is 4.